The van der Waals surface area contributed by atoms with Gasteiger partial charge < -0.3 is 0 Å². The second-order valence-corrected chi connectivity index (χ2v) is 3.72. The number of nitrogens with zero attached hydrogens (tertiary/aromatic N) is 1. The Morgan fingerprint density at radius 3 is 2.83 bits per heavy atom. The minimum Gasteiger partial charge on any atom is -0.263 e. The van der Waals surface area contributed by atoms with Gasteiger partial charge in [0.2, 0.25) is 0 Å². The SMILES string of the molecule is Clc1cccc2cncc(Br)c12. The molecule has 12 heavy (non-hydrogen) atoms. The maximum atomic E-state index is 6.00. The standard InChI is InChI=1S/C9H5BrClN/c10-7-5-12-4-6-2-1-3-8(11)9(6)7/h1-5H. The van der Waals surface area contributed by atoms with Gasteiger partial charge in [-0.2, -0.15) is 0 Å². The number of rotatable bonds is 0. The molecule has 3 heteroatoms. The van der Waals surface area contributed by atoms with E-state index in [1.807, 2.05) is 18.2 Å². The van der Waals surface area contributed by atoms with Crippen molar-refractivity contribution in [1.29, 1.82) is 0 Å². The zero-order valence-corrected chi connectivity index (χ0v) is 8.43. The fourth-order valence-corrected chi connectivity index (χ4v) is 2.11. The first-order chi connectivity index (χ1) is 5.79. The molecule has 0 amide bonds. The summed E-state index contributed by atoms with van der Waals surface area (Å²) in [5.41, 5.74) is 0. The van der Waals surface area contributed by atoms with Crippen LogP contribution in [0.15, 0.2) is 35.1 Å². The first-order valence-corrected chi connectivity index (χ1v) is 4.64. The zero-order chi connectivity index (χ0) is 8.55. The fraction of sp³-hybridized carbons (Fsp3) is 0. The molecule has 0 saturated carbocycles. The van der Waals surface area contributed by atoms with E-state index in [4.69, 9.17) is 11.6 Å². The third-order valence-corrected chi connectivity index (χ3v) is 2.60. The molecule has 2 rings (SSSR count). The topological polar surface area (TPSA) is 12.9 Å². The summed E-state index contributed by atoms with van der Waals surface area (Å²) in [7, 11) is 0. The van der Waals surface area contributed by atoms with Gasteiger partial charge in [0.05, 0.1) is 0 Å². The van der Waals surface area contributed by atoms with Crippen molar-refractivity contribution in [2.24, 2.45) is 0 Å². The highest BCUT2D eigenvalue weighted by atomic mass is 79.9. The number of halogens is 2. The third-order valence-electron chi connectivity index (χ3n) is 1.69. The Kier molecular flexibility index (Phi) is 2.03. The molecule has 0 N–H and O–H groups in total. The molecule has 0 unspecified atom stereocenters. The summed E-state index contributed by atoms with van der Waals surface area (Å²) in [6.07, 6.45) is 3.54. The predicted octanol–water partition coefficient (Wildman–Crippen LogP) is 3.65. The highest BCUT2D eigenvalue weighted by Gasteiger charge is 2.01. The quantitative estimate of drug-likeness (QED) is 0.687. The lowest BCUT2D eigenvalue weighted by Gasteiger charge is -2.00. The van der Waals surface area contributed by atoms with Crippen molar-refractivity contribution in [3.63, 3.8) is 0 Å². The number of benzene rings is 1. The molecule has 1 nitrogen and oxygen atoms in total. The van der Waals surface area contributed by atoms with Crippen LogP contribution >= 0.6 is 27.5 Å². The van der Waals surface area contributed by atoms with Crippen molar-refractivity contribution in [2.75, 3.05) is 0 Å². The first kappa shape index (κ1) is 8.02. The van der Waals surface area contributed by atoms with Crippen LogP contribution in [-0.4, -0.2) is 4.98 Å². The second-order valence-electron chi connectivity index (χ2n) is 2.46. The molecule has 0 fully saturated rings. The second kappa shape index (κ2) is 3.04. The van der Waals surface area contributed by atoms with Gasteiger partial charge >= 0.3 is 0 Å². The van der Waals surface area contributed by atoms with Gasteiger partial charge in [0.15, 0.2) is 0 Å². The van der Waals surface area contributed by atoms with E-state index in [1.54, 1.807) is 12.4 Å². The lowest BCUT2D eigenvalue weighted by molar-refractivity contribution is 1.35. The lowest BCUT2D eigenvalue weighted by Crippen LogP contribution is -1.78. The van der Waals surface area contributed by atoms with Crippen LogP contribution < -0.4 is 0 Å². The summed E-state index contributed by atoms with van der Waals surface area (Å²) in [5.74, 6) is 0. The Morgan fingerprint density at radius 1 is 1.25 bits per heavy atom. The third kappa shape index (κ3) is 1.21. The molecule has 0 spiro atoms. The van der Waals surface area contributed by atoms with Crippen LogP contribution in [0.5, 0.6) is 0 Å². The highest BCUT2D eigenvalue weighted by Crippen LogP contribution is 2.28. The molecule has 0 bridgehead atoms. The molecular weight excluding hydrogens is 237 g/mol. The Balaban J connectivity index is 2.96. The molecule has 1 heterocycles. The van der Waals surface area contributed by atoms with E-state index in [1.165, 1.54) is 0 Å². The van der Waals surface area contributed by atoms with Crippen LogP contribution in [0, 0.1) is 0 Å². The molecule has 1 aromatic carbocycles. The Hall–Kier alpha value is -0.600. The molecule has 1 aromatic heterocycles. The Labute approximate surface area is 83.5 Å². The first-order valence-electron chi connectivity index (χ1n) is 3.47. The maximum absolute atomic E-state index is 6.00. The van der Waals surface area contributed by atoms with E-state index in [0.29, 0.717) is 0 Å². The minimum absolute atomic E-state index is 0.752. The fourth-order valence-electron chi connectivity index (χ4n) is 1.15. The molecular formula is C9H5BrClN. The lowest BCUT2D eigenvalue weighted by atomic mass is 10.2. The van der Waals surface area contributed by atoms with Crippen molar-refractivity contribution < 1.29 is 0 Å². The summed E-state index contributed by atoms with van der Waals surface area (Å²) >= 11 is 9.41. The van der Waals surface area contributed by atoms with Gasteiger partial charge in [-0.25, -0.2) is 0 Å². The van der Waals surface area contributed by atoms with Gasteiger partial charge in [-0.3, -0.25) is 4.98 Å². The van der Waals surface area contributed by atoms with Crippen LogP contribution in [0.2, 0.25) is 5.02 Å². The molecule has 0 aliphatic carbocycles. The summed E-state index contributed by atoms with van der Waals surface area (Å²) in [6.45, 7) is 0. The van der Waals surface area contributed by atoms with Gasteiger partial charge in [-0.1, -0.05) is 23.7 Å². The van der Waals surface area contributed by atoms with Gasteiger partial charge in [0.1, 0.15) is 0 Å². The summed E-state index contributed by atoms with van der Waals surface area (Å²) in [4.78, 5) is 4.05. The Morgan fingerprint density at radius 2 is 2.08 bits per heavy atom. The molecule has 60 valence electrons. The predicted molar refractivity (Wildman–Crippen MR) is 54.5 cm³/mol. The maximum Gasteiger partial charge on any atom is 0.0496 e. The van der Waals surface area contributed by atoms with Gasteiger partial charge in [0, 0.05) is 32.7 Å². The number of fused-ring (bicyclic) bond motifs is 1. The number of pyridine rings is 1. The normalized spacial score (nSPS) is 10.5. The summed E-state index contributed by atoms with van der Waals surface area (Å²) < 4.78 is 0.936. The van der Waals surface area contributed by atoms with Gasteiger partial charge in [-0.05, 0) is 22.0 Å². The number of hydrogen-bond donors (Lipinski definition) is 0. The molecule has 0 radical (unpaired) electrons. The molecule has 2 aromatic rings. The van der Waals surface area contributed by atoms with Crippen molar-refractivity contribution in [3.8, 4) is 0 Å². The number of aromatic nitrogens is 1. The van der Waals surface area contributed by atoms with E-state index in [2.05, 4.69) is 20.9 Å². The van der Waals surface area contributed by atoms with E-state index in [0.717, 1.165) is 20.3 Å². The summed E-state index contributed by atoms with van der Waals surface area (Å²) in [6, 6.07) is 5.77. The largest absolute Gasteiger partial charge is 0.263 e. The van der Waals surface area contributed by atoms with Crippen LogP contribution in [0.4, 0.5) is 0 Å². The molecule has 0 saturated heterocycles. The average molecular weight is 243 g/mol. The van der Waals surface area contributed by atoms with Crippen LogP contribution in [0.25, 0.3) is 10.8 Å². The molecule has 0 atom stereocenters. The van der Waals surface area contributed by atoms with E-state index >= 15 is 0 Å². The number of hydrogen-bond acceptors (Lipinski definition) is 1. The van der Waals surface area contributed by atoms with E-state index in [-0.39, 0.29) is 0 Å². The Bertz CT molecular complexity index is 391. The van der Waals surface area contributed by atoms with Gasteiger partial charge in [-0.15, -0.1) is 0 Å². The molecule has 0 aliphatic rings. The van der Waals surface area contributed by atoms with Gasteiger partial charge in [0.25, 0.3) is 0 Å². The van der Waals surface area contributed by atoms with Crippen LogP contribution in [0.1, 0.15) is 0 Å². The summed E-state index contributed by atoms with van der Waals surface area (Å²) in [5, 5.41) is 2.83. The average Bonchev–Trinajstić information content (AvgIpc) is 2.04. The van der Waals surface area contributed by atoms with Crippen LogP contribution in [0.3, 0.4) is 0 Å². The van der Waals surface area contributed by atoms with Crippen molar-refractivity contribution in [3.05, 3.63) is 40.1 Å². The van der Waals surface area contributed by atoms with Crippen molar-refractivity contribution in [1.82, 2.24) is 4.98 Å². The van der Waals surface area contributed by atoms with Crippen molar-refractivity contribution in [2.45, 2.75) is 0 Å². The van der Waals surface area contributed by atoms with E-state index < -0.39 is 0 Å². The smallest absolute Gasteiger partial charge is 0.0496 e. The van der Waals surface area contributed by atoms with E-state index in [9.17, 15) is 0 Å². The monoisotopic (exact) mass is 241 g/mol. The highest BCUT2D eigenvalue weighted by molar-refractivity contribution is 9.10. The molecule has 0 aliphatic heterocycles. The van der Waals surface area contributed by atoms with Crippen LogP contribution in [-0.2, 0) is 0 Å². The van der Waals surface area contributed by atoms with Crippen molar-refractivity contribution >= 4 is 38.3 Å². The minimum atomic E-state index is 0.752. The zero-order valence-electron chi connectivity index (χ0n) is 6.09.